The summed E-state index contributed by atoms with van der Waals surface area (Å²) < 4.78 is 12.1. The normalized spacial score (nSPS) is 24.8. The van der Waals surface area contributed by atoms with E-state index in [1.165, 1.54) is 5.56 Å². The van der Waals surface area contributed by atoms with Gasteiger partial charge < -0.3 is 36.7 Å². The molecule has 2 unspecified atom stereocenters. The van der Waals surface area contributed by atoms with Crippen LogP contribution in [0, 0.1) is 17.8 Å². The quantitative estimate of drug-likeness (QED) is 0.296. The first kappa shape index (κ1) is 26.5. The maximum atomic E-state index is 13.3. The number of rotatable bonds is 10. The summed E-state index contributed by atoms with van der Waals surface area (Å²) in [5, 5.41) is 0. The van der Waals surface area contributed by atoms with Gasteiger partial charge in [0.1, 0.15) is 0 Å². The largest absolute Gasteiger partial charge is 1.00 e. The molecule has 3 aromatic rings. The highest BCUT2D eigenvalue weighted by molar-refractivity contribution is 5.91. The molecule has 3 aromatic carbocycles. The van der Waals surface area contributed by atoms with Crippen LogP contribution in [0.2, 0.25) is 0 Å². The summed E-state index contributed by atoms with van der Waals surface area (Å²) in [5.41, 5.74) is 8.70. The van der Waals surface area contributed by atoms with Gasteiger partial charge in [0.2, 0.25) is 12.7 Å². The fourth-order valence-corrected chi connectivity index (χ4v) is 7.08. The molecule has 1 saturated heterocycles. The molecule has 2 aliphatic heterocycles. The highest BCUT2D eigenvalue weighted by atomic mass is 79.9. The van der Waals surface area contributed by atoms with Crippen molar-refractivity contribution in [2.45, 2.75) is 18.3 Å². The molecule has 0 spiro atoms. The third-order valence-corrected chi connectivity index (χ3v) is 9.03. The average Bonchev–Trinajstić information content (AvgIpc) is 3.25. The average molecular weight is 576 g/mol. The number of nitrogens with zero attached hydrogens (tertiary/aromatic N) is 1. The Balaban J connectivity index is 0.00000294. The number of carbonyl (C=O) groups is 1. The van der Waals surface area contributed by atoms with E-state index in [0.717, 1.165) is 66.1 Å². The predicted molar refractivity (Wildman–Crippen MR) is 144 cm³/mol. The first-order chi connectivity index (χ1) is 18.0. The number of hydrogen-bond donors (Lipinski definition) is 1. The van der Waals surface area contributed by atoms with Gasteiger partial charge in [0.25, 0.3) is 0 Å². The molecule has 38 heavy (non-hydrogen) atoms. The molecule has 3 aliphatic rings. The van der Waals surface area contributed by atoms with Gasteiger partial charge >= 0.3 is 0 Å². The summed E-state index contributed by atoms with van der Waals surface area (Å²) in [6, 6.07) is 26.5. The van der Waals surface area contributed by atoms with Crippen molar-refractivity contribution < 1.29 is 35.7 Å². The zero-order valence-electron chi connectivity index (χ0n) is 21.6. The highest BCUT2D eigenvalue weighted by Crippen LogP contribution is 2.59. The topological polar surface area (TPSA) is 61.6 Å². The number of benzene rings is 3. The first-order valence-electron chi connectivity index (χ1n) is 13.3. The van der Waals surface area contributed by atoms with E-state index in [9.17, 15) is 4.79 Å². The van der Waals surface area contributed by atoms with E-state index in [2.05, 4.69) is 49.1 Å². The number of primary amides is 1. The van der Waals surface area contributed by atoms with Gasteiger partial charge in [-0.05, 0) is 47.2 Å². The Bertz CT molecular complexity index is 1250. The lowest BCUT2D eigenvalue weighted by Crippen LogP contribution is -3.00. The van der Waals surface area contributed by atoms with Crippen LogP contribution in [0.3, 0.4) is 0 Å². The first-order valence-corrected chi connectivity index (χ1v) is 13.3. The van der Waals surface area contributed by atoms with E-state index in [4.69, 9.17) is 15.2 Å². The minimum Gasteiger partial charge on any atom is -1.00 e. The maximum absolute atomic E-state index is 13.3. The SMILES string of the molecule is C=CC[N+]1(CCc2ccc3c(c2)OCO3)CC2C(CC(C(N)=O)(c3ccccc3)c3ccccc3)C2C1.[Br-]. The number of carbonyl (C=O) groups excluding carboxylic acids is 1. The predicted octanol–water partition coefficient (Wildman–Crippen LogP) is 1.70. The molecule has 198 valence electrons. The number of ether oxygens (including phenoxy) is 2. The number of likely N-dealkylation sites (tertiary alicyclic amines) is 1. The van der Waals surface area contributed by atoms with Gasteiger partial charge in [-0.1, -0.05) is 73.3 Å². The number of piperidine rings is 1. The molecule has 2 heterocycles. The molecule has 1 amide bonds. The van der Waals surface area contributed by atoms with Crippen LogP contribution in [0.15, 0.2) is 91.5 Å². The maximum Gasteiger partial charge on any atom is 0.232 e. The van der Waals surface area contributed by atoms with E-state index in [-0.39, 0.29) is 22.9 Å². The number of quaternary nitrogens is 1. The number of fused-ring (bicyclic) bond motifs is 2. The van der Waals surface area contributed by atoms with E-state index < -0.39 is 5.41 Å². The Hall–Kier alpha value is -3.09. The second kappa shape index (κ2) is 10.6. The van der Waals surface area contributed by atoms with Crippen LogP contribution in [0.4, 0.5) is 0 Å². The molecule has 0 radical (unpaired) electrons. The smallest absolute Gasteiger partial charge is 0.232 e. The summed E-state index contributed by atoms with van der Waals surface area (Å²) in [5.74, 6) is 3.14. The second-order valence-corrected chi connectivity index (χ2v) is 11.0. The molecule has 2 atom stereocenters. The minimum absolute atomic E-state index is 0. The summed E-state index contributed by atoms with van der Waals surface area (Å²) in [4.78, 5) is 13.3. The van der Waals surface area contributed by atoms with Crippen LogP contribution >= 0.6 is 0 Å². The van der Waals surface area contributed by atoms with Crippen LogP contribution in [0.25, 0.3) is 0 Å². The monoisotopic (exact) mass is 574 g/mol. The van der Waals surface area contributed by atoms with Gasteiger partial charge in [0, 0.05) is 18.3 Å². The number of hydrogen-bond acceptors (Lipinski definition) is 3. The Morgan fingerprint density at radius 1 is 0.947 bits per heavy atom. The van der Waals surface area contributed by atoms with Crippen molar-refractivity contribution in [1.29, 1.82) is 0 Å². The second-order valence-electron chi connectivity index (χ2n) is 11.0. The van der Waals surface area contributed by atoms with Gasteiger partial charge in [-0.15, -0.1) is 0 Å². The fraction of sp³-hybridized carbons (Fsp3) is 0.344. The van der Waals surface area contributed by atoms with Gasteiger partial charge in [-0.25, -0.2) is 0 Å². The van der Waals surface area contributed by atoms with Gasteiger partial charge in [0.05, 0.1) is 31.6 Å². The Kier molecular flexibility index (Phi) is 7.38. The van der Waals surface area contributed by atoms with Gasteiger partial charge in [-0.2, -0.15) is 0 Å². The number of amides is 1. The van der Waals surface area contributed by atoms with E-state index >= 15 is 0 Å². The molecular weight excluding hydrogens is 540 g/mol. The van der Waals surface area contributed by atoms with Gasteiger partial charge in [-0.3, -0.25) is 4.79 Å². The van der Waals surface area contributed by atoms with Gasteiger partial charge in [0.15, 0.2) is 11.5 Å². The van der Waals surface area contributed by atoms with Crippen LogP contribution in [0.1, 0.15) is 23.1 Å². The minimum atomic E-state index is -0.807. The standard InChI is InChI=1S/C32H34N2O3.BrH/c1-2-16-34(17-15-23-13-14-29-30(18-23)37-22-36-29)20-27-26(28(27)21-34)19-32(31(33)35,24-9-5-3-6-10-24)25-11-7-4-8-12-25;/h2-14,18,26-28H,1,15-17,19-22H2,(H-,33,35);1H. The fourth-order valence-electron chi connectivity index (χ4n) is 7.08. The highest BCUT2D eigenvalue weighted by Gasteiger charge is 2.64. The lowest BCUT2D eigenvalue weighted by Gasteiger charge is -2.38. The summed E-state index contributed by atoms with van der Waals surface area (Å²) >= 11 is 0. The molecule has 0 bridgehead atoms. The Labute approximate surface area is 235 Å². The van der Waals surface area contributed by atoms with Crippen molar-refractivity contribution in [2.75, 3.05) is 33.0 Å². The third-order valence-electron chi connectivity index (χ3n) is 9.03. The van der Waals surface area contributed by atoms with Crippen LogP contribution in [-0.2, 0) is 16.6 Å². The van der Waals surface area contributed by atoms with Crippen molar-refractivity contribution in [3.63, 3.8) is 0 Å². The van der Waals surface area contributed by atoms with Crippen molar-refractivity contribution in [1.82, 2.24) is 0 Å². The van der Waals surface area contributed by atoms with Crippen molar-refractivity contribution >= 4 is 5.91 Å². The molecule has 6 heteroatoms. The number of nitrogens with two attached hydrogens (primary N) is 1. The summed E-state index contributed by atoms with van der Waals surface area (Å²) in [7, 11) is 0. The Morgan fingerprint density at radius 2 is 1.55 bits per heavy atom. The zero-order chi connectivity index (χ0) is 25.5. The van der Waals surface area contributed by atoms with E-state index in [1.807, 2.05) is 42.5 Å². The molecule has 6 rings (SSSR count). The third kappa shape index (κ3) is 4.65. The van der Waals surface area contributed by atoms with E-state index in [0.29, 0.717) is 24.5 Å². The molecule has 5 nitrogen and oxygen atoms in total. The molecule has 0 aromatic heterocycles. The van der Waals surface area contributed by atoms with Crippen molar-refractivity contribution in [3.05, 3.63) is 108 Å². The summed E-state index contributed by atoms with van der Waals surface area (Å²) in [6.45, 7) is 8.69. The van der Waals surface area contributed by atoms with E-state index in [1.54, 1.807) is 0 Å². The van der Waals surface area contributed by atoms with Crippen molar-refractivity contribution in [3.8, 4) is 11.5 Å². The lowest BCUT2D eigenvalue weighted by atomic mass is 9.69. The lowest BCUT2D eigenvalue weighted by molar-refractivity contribution is -0.916. The number of halogens is 1. The van der Waals surface area contributed by atoms with Crippen molar-refractivity contribution in [2.24, 2.45) is 23.5 Å². The van der Waals surface area contributed by atoms with Crippen LogP contribution in [-0.4, -0.2) is 43.4 Å². The molecule has 2 fully saturated rings. The van der Waals surface area contributed by atoms with Crippen LogP contribution in [0.5, 0.6) is 11.5 Å². The molecule has 1 saturated carbocycles. The summed E-state index contributed by atoms with van der Waals surface area (Å²) in [6.07, 6.45) is 3.83. The van der Waals surface area contributed by atoms with Crippen LogP contribution < -0.4 is 32.2 Å². The zero-order valence-corrected chi connectivity index (χ0v) is 23.2. The Morgan fingerprint density at radius 3 is 2.13 bits per heavy atom. The molecular formula is C32H35BrN2O3. The molecule has 2 N–H and O–H groups in total. The molecule has 1 aliphatic carbocycles.